The minimum atomic E-state index is -1.39. The van der Waals surface area contributed by atoms with Crippen molar-refractivity contribution in [3.05, 3.63) is 93.8 Å². The summed E-state index contributed by atoms with van der Waals surface area (Å²) in [5, 5.41) is 23.9. The van der Waals surface area contributed by atoms with Crippen molar-refractivity contribution in [2.24, 2.45) is 0 Å². The standard InChI is InChI=1S/C23H23FN4O5.C8H8ClN3/c1-11-12-7-8-16(14(12)6-5-13(11)22(32)33-23(2,3)4)27-20(29)18-9-17(21(30)31)26-19-15(24)10-25-28(18)19;9-10-4-6-1-2-8-7(3-6)5-11-12-8/h5-6,9-10,16H,7-8H2,1-4H3,(H,27,29)(H,30,31);1-3,5,10H,4H2,(H,11,12)/t16-;/m0./s1. The van der Waals surface area contributed by atoms with Gasteiger partial charge in [0.05, 0.1) is 29.5 Å². The van der Waals surface area contributed by atoms with Gasteiger partial charge in [0.15, 0.2) is 17.2 Å². The molecule has 0 radical (unpaired) electrons. The predicted molar refractivity (Wildman–Crippen MR) is 164 cm³/mol. The van der Waals surface area contributed by atoms with Gasteiger partial charge in [-0.1, -0.05) is 12.1 Å². The Hall–Kier alpha value is -4.88. The summed E-state index contributed by atoms with van der Waals surface area (Å²) in [4.78, 5) is 43.3. The summed E-state index contributed by atoms with van der Waals surface area (Å²) in [6.45, 7) is 7.92. The van der Waals surface area contributed by atoms with Gasteiger partial charge in [0.1, 0.15) is 11.3 Å². The minimum absolute atomic E-state index is 0.142. The Morgan fingerprint density at radius 1 is 1.18 bits per heavy atom. The van der Waals surface area contributed by atoms with E-state index < -0.39 is 35.0 Å². The van der Waals surface area contributed by atoms with E-state index in [1.165, 1.54) is 0 Å². The molecule has 1 amide bonds. The maximum absolute atomic E-state index is 14.0. The van der Waals surface area contributed by atoms with Gasteiger partial charge in [-0.15, -0.1) is 0 Å². The van der Waals surface area contributed by atoms with Crippen LogP contribution in [0.1, 0.15) is 86.8 Å². The number of esters is 1. The average Bonchev–Trinajstić information content (AvgIpc) is 3.71. The summed E-state index contributed by atoms with van der Waals surface area (Å²) in [5.41, 5.74) is 3.74. The van der Waals surface area contributed by atoms with Gasteiger partial charge in [0.2, 0.25) is 0 Å². The third-order valence-corrected chi connectivity index (χ3v) is 7.41. The van der Waals surface area contributed by atoms with Crippen LogP contribution in [0, 0.1) is 12.7 Å². The van der Waals surface area contributed by atoms with Crippen LogP contribution in [0.4, 0.5) is 4.39 Å². The number of carbonyl (C=O) groups is 3. The summed E-state index contributed by atoms with van der Waals surface area (Å²) in [5.74, 6) is -3.23. The highest BCUT2D eigenvalue weighted by Crippen LogP contribution is 2.35. The van der Waals surface area contributed by atoms with Crippen LogP contribution >= 0.6 is 11.8 Å². The Morgan fingerprint density at radius 2 is 1.96 bits per heavy atom. The lowest BCUT2D eigenvalue weighted by Crippen LogP contribution is -2.29. The number of H-pyrrole nitrogens is 1. The number of hydrogen-bond donors (Lipinski definition) is 4. The van der Waals surface area contributed by atoms with Gasteiger partial charge in [-0.25, -0.2) is 28.3 Å². The number of carboxylic acids is 1. The number of hydrogen-bond acceptors (Lipinski definition) is 8. The number of aromatic nitrogens is 5. The monoisotopic (exact) mass is 635 g/mol. The molecule has 6 rings (SSSR count). The molecule has 45 heavy (non-hydrogen) atoms. The molecule has 5 aromatic rings. The van der Waals surface area contributed by atoms with Crippen molar-refractivity contribution < 1.29 is 28.6 Å². The highest BCUT2D eigenvalue weighted by molar-refractivity contribution is 6.13. The van der Waals surface area contributed by atoms with Gasteiger partial charge < -0.3 is 15.2 Å². The van der Waals surface area contributed by atoms with Crippen LogP contribution < -0.4 is 10.2 Å². The maximum Gasteiger partial charge on any atom is 0.354 e. The van der Waals surface area contributed by atoms with E-state index in [0.717, 1.165) is 49.9 Å². The molecule has 1 aliphatic rings. The number of carboxylic acid groups (broad SMARTS) is 1. The van der Waals surface area contributed by atoms with Crippen molar-refractivity contribution in [1.29, 1.82) is 0 Å². The van der Waals surface area contributed by atoms with Crippen LogP contribution in [0.25, 0.3) is 16.6 Å². The molecule has 2 aromatic carbocycles. The van der Waals surface area contributed by atoms with Crippen LogP contribution in [0.3, 0.4) is 0 Å². The second kappa shape index (κ2) is 12.6. The summed E-state index contributed by atoms with van der Waals surface area (Å²) >= 11 is 5.39. The smallest absolute Gasteiger partial charge is 0.354 e. The normalized spacial score (nSPS) is 14.1. The zero-order valence-corrected chi connectivity index (χ0v) is 25.7. The number of halogens is 2. The van der Waals surface area contributed by atoms with Crippen LogP contribution in [-0.4, -0.2) is 53.3 Å². The van der Waals surface area contributed by atoms with E-state index in [1.54, 1.807) is 39.1 Å². The molecule has 0 saturated heterocycles. The van der Waals surface area contributed by atoms with E-state index >= 15 is 0 Å². The van der Waals surface area contributed by atoms with E-state index in [-0.39, 0.29) is 17.4 Å². The van der Waals surface area contributed by atoms with Crippen LogP contribution in [-0.2, 0) is 17.7 Å². The van der Waals surface area contributed by atoms with Gasteiger partial charge in [0.25, 0.3) is 5.91 Å². The first-order valence-electron chi connectivity index (χ1n) is 14.1. The molecule has 0 unspecified atom stereocenters. The van der Waals surface area contributed by atoms with E-state index in [9.17, 15) is 23.9 Å². The number of amides is 1. The predicted octanol–water partition coefficient (Wildman–Crippen LogP) is 5.05. The molecule has 1 aliphatic carbocycles. The Labute approximate surface area is 262 Å². The van der Waals surface area contributed by atoms with Crippen LogP contribution in [0.5, 0.6) is 0 Å². The highest BCUT2D eigenvalue weighted by Gasteiger charge is 2.30. The largest absolute Gasteiger partial charge is 0.477 e. The molecule has 4 N–H and O–H groups in total. The fourth-order valence-corrected chi connectivity index (χ4v) is 5.36. The molecule has 0 fully saturated rings. The topological polar surface area (TPSA) is 164 Å². The van der Waals surface area contributed by atoms with Crippen molar-refractivity contribution in [3.63, 3.8) is 0 Å². The van der Waals surface area contributed by atoms with E-state index in [0.29, 0.717) is 24.9 Å². The van der Waals surface area contributed by atoms with Crippen molar-refractivity contribution in [2.45, 2.75) is 58.7 Å². The fourth-order valence-electron chi connectivity index (χ4n) is 5.20. The Balaban J connectivity index is 0.000000277. The summed E-state index contributed by atoms with van der Waals surface area (Å²) in [7, 11) is 0. The first-order valence-corrected chi connectivity index (χ1v) is 14.4. The van der Waals surface area contributed by atoms with Gasteiger partial charge in [-0.05, 0) is 92.8 Å². The van der Waals surface area contributed by atoms with Crippen LogP contribution in [0.15, 0.2) is 48.8 Å². The number of nitrogens with one attached hydrogen (secondary N) is 3. The lowest BCUT2D eigenvalue weighted by molar-refractivity contribution is 0.00682. The van der Waals surface area contributed by atoms with Crippen molar-refractivity contribution in [3.8, 4) is 0 Å². The number of aromatic amines is 1. The summed E-state index contributed by atoms with van der Waals surface area (Å²) in [6.07, 6.45) is 3.91. The number of carbonyl (C=O) groups excluding carboxylic acids is 2. The molecule has 234 valence electrons. The molecular formula is C31H31ClFN7O5. The zero-order valence-electron chi connectivity index (χ0n) is 24.9. The molecule has 0 spiro atoms. The van der Waals surface area contributed by atoms with Gasteiger partial charge in [0, 0.05) is 18.0 Å². The SMILES string of the molecule is Cc1c(C(=O)OC(C)(C)C)ccc2c1CC[C@@H]2NC(=O)c1cc(C(=O)O)nc2c(F)cnn12.ClNCc1ccc2[nH]ncc2c1. The van der Waals surface area contributed by atoms with Gasteiger partial charge in [-0.2, -0.15) is 10.2 Å². The van der Waals surface area contributed by atoms with E-state index in [4.69, 9.17) is 16.5 Å². The van der Waals surface area contributed by atoms with E-state index in [1.807, 2.05) is 25.1 Å². The lowest BCUT2D eigenvalue weighted by Gasteiger charge is -2.21. The third kappa shape index (κ3) is 6.79. The minimum Gasteiger partial charge on any atom is -0.477 e. The number of fused-ring (bicyclic) bond motifs is 3. The van der Waals surface area contributed by atoms with E-state index in [2.05, 4.69) is 30.4 Å². The van der Waals surface area contributed by atoms with Gasteiger partial charge >= 0.3 is 11.9 Å². The second-order valence-corrected chi connectivity index (χ2v) is 11.8. The molecular weight excluding hydrogens is 605 g/mol. The summed E-state index contributed by atoms with van der Waals surface area (Å²) in [6, 6.07) is 10.2. The second-order valence-electron chi connectivity index (χ2n) is 11.5. The molecule has 3 aromatic heterocycles. The third-order valence-electron chi connectivity index (χ3n) is 7.27. The maximum atomic E-state index is 14.0. The number of benzene rings is 2. The molecule has 0 saturated carbocycles. The molecule has 3 heterocycles. The highest BCUT2D eigenvalue weighted by atomic mass is 35.5. The zero-order chi connectivity index (χ0) is 32.5. The number of nitrogens with zero attached hydrogens (tertiary/aromatic N) is 4. The Morgan fingerprint density at radius 3 is 2.67 bits per heavy atom. The number of ether oxygens (including phenoxy) is 1. The molecule has 1 atom stereocenters. The molecule has 0 aliphatic heterocycles. The Bertz CT molecular complexity index is 1930. The lowest BCUT2D eigenvalue weighted by atomic mass is 9.97. The first-order chi connectivity index (χ1) is 21.4. The number of rotatable bonds is 6. The first kappa shape index (κ1) is 31.5. The summed E-state index contributed by atoms with van der Waals surface area (Å²) < 4.78 is 20.4. The van der Waals surface area contributed by atoms with Gasteiger partial charge in [-0.3, -0.25) is 9.89 Å². The van der Waals surface area contributed by atoms with Crippen molar-refractivity contribution >= 4 is 46.2 Å². The van der Waals surface area contributed by atoms with Crippen molar-refractivity contribution in [2.75, 3.05) is 0 Å². The number of aromatic carboxylic acids is 1. The fraction of sp³-hybridized carbons (Fsp3) is 0.290. The average molecular weight is 636 g/mol. The molecule has 12 nitrogen and oxygen atoms in total. The Kier molecular flexibility index (Phi) is 8.84. The van der Waals surface area contributed by atoms with Crippen LogP contribution in [0.2, 0.25) is 0 Å². The van der Waals surface area contributed by atoms with Crippen molar-refractivity contribution in [1.82, 2.24) is 34.9 Å². The molecule has 14 heteroatoms. The molecule has 0 bridgehead atoms. The quantitative estimate of drug-likeness (QED) is 0.148.